The number of hydrogen-bond donors (Lipinski definition) is 0. The number of amides is 1. The molecule has 29 heavy (non-hydrogen) atoms. The van der Waals surface area contributed by atoms with Crippen LogP contribution in [-0.2, 0) is 30.3 Å². The van der Waals surface area contributed by atoms with Crippen molar-refractivity contribution in [1.82, 2.24) is 8.61 Å². The molecule has 0 unspecified atom stereocenters. The highest BCUT2D eigenvalue weighted by molar-refractivity contribution is 7.89. The van der Waals surface area contributed by atoms with Crippen LogP contribution >= 0.6 is 0 Å². The fraction of sp³-hybridized carbons (Fsp3) is 0.632. The molecule has 0 radical (unpaired) electrons. The predicted molar refractivity (Wildman–Crippen MR) is 112 cm³/mol. The molecular formula is C19H29N3O5S2. The summed E-state index contributed by atoms with van der Waals surface area (Å²) in [6, 6.07) is 4.87. The maximum atomic E-state index is 13.2. The second-order valence-corrected chi connectivity index (χ2v) is 12.3. The minimum atomic E-state index is -3.75. The summed E-state index contributed by atoms with van der Waals surface area (Å²) in [5.41, 5.74) is 1.09. The minimum absolute atomic E-state index is 0.00233. The highest BCUT2D eigenvalue weighted by Crippen LogP contribution is 2.41. The van der Waals surface area contributed by atoms with Gasteiger partial charge in [-0.15, -0.1) is 0 Å². The van der Waals surface area contributed by atoms with Gasteiger partial charge in [0.15, 0.2) is 0 Å². The molecule has 0 aliphatic carbocycles. The Hall–Kier alpha value is -1.49. The highest BCUT2D eigenvalue weighted by atomic mass is 32.2. The molecule has 0 N–H and O–H groups in total. The summed E-state index contributed by atoms with van der Waals surface area (Å²) in [4.78, 5) is 13.9. The standard InChI is InChI=1S/C19H29N3O5S2/c1-5-12-28(24,25)21-8-10-22(11-9-21)29(26,27)15-6-7-17-16(13-15)19(2,3)14-18(23)20(17)4/h6-7,13H,5,8-12,14H2,1-4H3. The van der Waals surface area contributed by atoms with E-state index in [2.05, 4.69) is 0 Å². The first kappa shape index (κ1) is 22.2. The Morgan fingerprint density at radius 2 is 1.59 bits per heavy atom. The van der Waals surface area contributed by atoms with Crippen molar-refractivity contribution in [2.75, 3.05) is 43.9 Å². The van der Waals surface area contributed by atoms with E-state index in [1.165, 1.54) is 14.7 Å². The first-order chi connectivity index (χ1) is 13.4. The monoisotopic (exact) mass is 443 g/mol. The van der Waals surface area contributed by atoms with Crippen molar-refractivity contribution in [3.63, 3.8) is 0 Å². The largest absolute Gasteiger partial charge is 0.315 e. The summed E-state index contributed by atoms with van der Waals surface area (Å²) >= 11 is 0. The molecule has 3 rings (SSSR count). The molecule has 1 aromatic carbocycles. The Kier molecular flexibility index (Phi) is 5.85. The zero-order chi connectivity index (χ0) is 21.6. The molecule has 2 heterocycles. The van der Waals surface area contributed by atoms with Gasteiger partial charge in [-0.3, -0.25) is 4.79 Å². The lowest BCUT2D eigenvalue weighted by molar-refractivity contribution is -0.119. The highest BCUT2D eigenvalue weighted by Gasteiger charge is 2.38. The normalized spacial score (nSPS) is 21.2. The van der Waals surface area contributed by atoms with Crippen molar-refractivity contribution in [1.29, 1.82) is 0 Å². The zero-order valence-electron chi connectivity index (χ0n) is 17.4. The number of carbonyl (C=O) groups excluding carboxylic acids is 1. The van der Waals surface area contributed by atoms with Gasteiger partial charge in [-0.2, -0.15) is 8.61 Å². The number of nitrogens with zero attached hydrogens (tertiary/aromatic N) is 3. The van der Waals surface area contributed by atoms with E-state index in [0.29, 0.717) is 12.8 Å². The molecular weight excluding hydrogens is 414 g/mol. The maximum absolute atomic E-state index is 13.2. The van der Waals surface area contributed by atoms with E-state index in [-0.39, 0.29) is 42.7 Å². The molecule has 10 heteroatoms. The van der Waals surface area contributed by atoms with Crippen LogP contribution in [0.2, 0.25) is 0 Å². The number of carbonyl (C=O) groups is 1. The van der Waals surface area contributed by atoms with Crippen LogP contribution in [0.5, 0.6) is 0 Å². The topological polar surface area (TPSA) is 95.1 Å². The van der Waals surface area contributed by atoms with Crippen molar-refractivity contribution in [3.05, 3.63) is 23.8 Å². The number of anilines is 1. The van der Waals surface area contributed by atoms with Crippen LogP contribution in [0, 0.1) is 0 Å². The van der Waals surface area contributed by atoms with E-state index >= 15 is 0 Å². The minimum Gasteiger partial charge on any atom is -0.315 e. The molecule has 1 saturated heterocycles. The molecule has 0 bridgehead atoms. The van der Waals surface area contributed by atoms with E-state index in [9.17, 15) is 21.6 Å². The summed E-state index contributed by atoms with van der Waals surface area (Å²) in [7, 11) is -5.39. The smallest absolute Gasteiger partial charge is 0.243 e. The maximum Gasteiger partial charge on any atom is 0.243 e. The van der Waals surface area contributed by atoms with Gasteiger partial charge in [-0.05, 0) is 30.2 Å². The molecule has 2 aliphatic heterocycles. The third-order valence-corrected chi connectivity index (χ3v) is 9.69. The van der Waals surface area contributed by atoms with Crippen LogP contribution in [0.4, 0.5) is 5.69 Å². The van der Waals surface area contributed by atoms with E-state index in [4.69, 9.17) is 0 Å². The third-order valence-electron chi connectivity index (χ3n) is 5.72. The molecule has 0 atom stereocenters. The quantitative estimate of drug-likeness (QED) is 0.685. The fourth-order valence-electron chi connectivity index (χ4n) is 3.96. The number of benzene rings is 1. The van der Waals surface area contributed by atoms with Gasteiger partial charge in [0.2, 0.25) is 26.0 Å². The average Bonchev–Trinajstić information content (AvgIpc) is 2.65. The number of rotatable bonds is 5. The number of piperazine rings is 1. The Balaban J connectivity index is 1.86. The van der Waals surface area contributed by atoms with Gasteiger partial charge in [-0.1, -0.05) is 20.8 Å². The van der Waals surface area contributed by atoms with Gasteiger partial charge in [0, 0.05) is 50.7 Å². The van der Waals surface area contributed by atoms with Gasteiger partial charge in [0.1, 0.15) is 0 Å². The van der Waals surface area contributed by atoms with Gasteiger partial charge in [-0.25, -0.2) is 16.8 Å². The average molecular weight is 444 g/mol. The zero-order valence-corrected chi connectivity index (χ0v) is 19.0. The number of fused-ring (bicyclic) bond motifs is 1. The van der Waals surface area contributed by atoms with Crippen LogP contribution < -0.4 is 4.90 Å². The number of sulfonamides is 2. The molecule has 0 spiro atoms. The van der Waals surface area contributed by atoms with E-state index < -0.39 is 25.5 Å². The SMILES string of the molecule is CCCS(=O)(=O)N1CCN(S(=O)(=O)c2ccc3c(c2)C(C)(C)CC(=O)N3C)CC1. The molecule has 1 fully saturated rings. The molecule has 162 valence electrons. The van der Waals surface area contributed by atoms with Gasteiger partial charge < -0.3 is 4.90 Å². The summed E-state index contributed by atoms with van der Waals surface area (Å²) in [6.07, 6.45) is 0.844. The van der Waals surface area contributed by atoms with Crippen molar-refractivity contribution in [3.8, 4) is 0 Å². The molecule has 2 aliphatic rings. The van der Waals surface area contributed by atoms with Crippen LogP contribution in [0.15, 0.2) is 23.1 Å². The first-order valence-corrected chi connectivity index (χ1v) is 12.8. The van der Waals surface area contributed by atoms with Crippen molar-refractivity contribution in [2.24, 2.45) is 0 Å². The lowest BCUT2D eigenvalue weighted by Gasteiger charge is -2.37. The Morgan fingerprint density at radius 1 is 1.00 bits per heavy atom. The van der Waals surface area contributed by atoms with E-state index in [1.807, 2.05) is 13.8 Å². The molecule has 1 aromatic rings. The molecule has 8 nitrogen and oxygen atoms in total. The predicted octanol–water partition coefficient (Wildman–Crippen LogP) is 1.38. The lowest BCUT2D eigenvalue weighted by Crippen LogP contribution is -2.51. The van der Waals surface area contributed by atoms with E-state index in [0.717, 1.165) is 11.3 Å². The second kappa shape index (κ2) is 7.64. The van der Waals surface area contributed by atoms with Gasteiger partial charge >= 0.3 is 0 Å². The van der Waals surface area contributed by atoms with Crippen molar-refractivity contribution >= 4 is 31.6 Å². The van der Waals surface area contributed by atoms with Crippen LogP contribution in [-0.4, -0.2) is 70.3 Å². The first-order valence-electron chi connectivity index (χ1n) is 9.79. The van der Waals surface area contributed by atoms with Crippen LogP contribution in [0.1, 0.15) is 39.2 Å². The lowest BCUT2D eigenvalue weighted by atomic mass is 9.77. The van der Waals surface area contributed by atoms with Crippen LogP contribution in [0.25, 0.3) is 0 Å². The Morgan fingerprint density at radius 3 is 2.17 bits per heavy atom. The van der Waals surface area contributed by atoms with Gasteiger partial charge in [0.05, 0.1) is 10.6 Å². The summed E-state index contributed by atoms with van der Waals surface area (Å²) in [5.74, 6) is 0.0776. The van der Waals surface area contributed by atoms with Gasteiger partial charge in [0.25, 0.3) is 0 Å². The summed E-state index contributed by atoms with van der Waals surface area (Å²) in [6.45, 7) is 6.26. The van der Waals surface area contributed by atoms with E-state index in [1.54, 1.807) is 31.0 Å². The Labute approximate surface area is 173 Å². The molecule has 0 saturated carbocycles. The van der Waals surface area contributed by atoms with Crippen molar-refractivity contribution in [2.45, 2.75) is 43.9 Å². The van der Waals surface area contributed by atoms with Crippen LogP contribution in [0.3, 0.4) is 0 Å². The molecule has 0 aromatic heterocycles. The second-order valence-electron chi connectivity index (χ2n) is 8.31. The summed E-state index contributed by atoms with van der Waals surface area (Å²) in [5, 5.41) is 0. The number of hydrogen-bond acceptors (Lipinski definition) is 5. The van der Waals surface area contributed by atoms with Crippen molar-refractivity contribution < 1.29 is 21.6 Å². The molecule has 1 amide bonds. The Bertz CT molecular complexity index is 1010. The fourth-order valence-corrected chi connectivity index (χ4v) is 6.90. The third kappa shape index (κ3) is 4.08. The summed E-state index contributed by atoms with van der Waals surface area (Å²) < 4.78 is 53.6.